The van der Waals surface area contributed by atoms with E-state index < -0.39 is 17.7 Å². The van der Waals surface area contributed by atoms with Gasteiger partial charge in [-0.05, 0) is 44.1 Å². The molecule has 0 fully saturated rings. The maximum atomic E-state index is 12.8. The summed E-state index contributed by atoms with van der Waals surface area (Å²) in [5.74, 6) is -0.228. The fourth-order valence-electron chi connectivity index (χ4n) is 3.87. The molecule has 0 radical (unpaired) electrons. The van der Waals surface area contributed by atoms with Gasteiger partial charge in [-0.25, -0.2) is 4.79 Å². The molecule has 0 saturated heterocycles. The number of esters is 1. The van der Waals surface area contributed by atoms with Gasteiger partial charge >= 0.3 is 5.97 Å². The lowest BCUT2D eigenvalue weighted by molar-refractivity contribution is -0.152. The molecule has 0 aromatic heterocycles. The predicted molar refractivity (Wildman–Crippen MR) is 106 cm³/mol. The number of ether oxygens (including phenoxy) is 2. The molecule has 0 amide bonds. The quantitative estimate of drug-likeness (QED) is 0.386. The third kappa shape index (κ3) is 3.63. The van der Waals surface area contributed by atoms with Crippen LogP contribution < -0.4 is 0 Å². The Morgan fingerprint density at radius 2 is 2.00 bits per heavy atom. The summed E-state index contributed by atoms with van der Waals surface area (Å²) in [4.78, 5) is 25.3. The molecule has 0 saturated carbocycles. The minimum Gasteiger partial charge on any atom is -0.465 e. The van der Waals surface area contributed by atoms with Gasteiger partial charge < -0.3 is 14.6 Å². The molecule has 0 bridgehead atoms. The standard InChI is InChI=1S/C23H28O5/c1-4-6-7-8-9-11-19(24)20-18-13-15-12-16(10-5-2)27-14-17(15)21(25)23(18,3)28-22(20)26/h5,10,12-14,21,25H,4,6-9,11H2,1-3H3. The fourth-order valence-corrected chi connectivity index (χ4v) is 3.87. The van der Waals surface area contributed by atoms with Crippen molar-refractivity contribution in [2.45, 2.75) is 71.0 Å². The largest absolute Gasteiger partial charge is 0.465 e. The minimum atomic E-state index is -1.27. The molecule has 5 heteroatoms. The summed E-state index contributed by atoms with van der Waals surface area (Å²) < 4.78 is 11.0. The SMILES string of the molecule is CC=CC1=CC2=CC3=C(C(=O)CCCCCCC)C(=O)OC3(C)C(O)C2=CO1. The zero-order chi connectivity index (χ0) is 20.3. The highest BCUT2D eigenvalue weighted by atomic mass is 16.6. The molecular formula is C23H28O5. The van der Waals surface area contributed by atoms with Crippen LogP contribution in [0.4, 0.5) is 0 Å². The zero-order valence-corrected chi connectivity index (χ0v) is 16.8. The highest BCUT2D eigenvalue weighted by Gasteiger charge is 2.53. The molecule has 2 unspecified atom stereocenters. The van der Waals surface area contributed by atoms with Crippen molar-refractivity contribution in [2.75, 3.05) is 0 Å². The summed E-state index contributed by atoms with van der Waals surface area (Å²) in [5.41, 5.74) is 0.547. The summed E-state index contributed by atoms with van der Waals surface area (Å²) in [6, 6.07) is 0. The van der Waals surface area contributed by atoms with Crippen LogP contribution >= 0.6 is 0 Å². The van der Waals surface area contributed by atoms with Crippen molar-refractivity contribution in [3.8, 4) is 0 Å². The first-order valence-corrected chi connectivity index (χ1v) is 10.0. The molecule has 2 aliphatic heterocycles. The lowest BCUT2D eigenvalue weighted by atomic mass is 9.75. The normalized spacial score (nSPS) is 26.2. The monoisotopic (exact) mass is 384 g/mol. The minimum absolute atomic E-state index is 0.0797. The summed E-state index contributed by atoms with van der Waals surface area (Å²) in [6.45, 7) is 5.67. The Labute approximate surface area is 166 Å². The van der Waals surface area contributed by atoms with E-state index in [-0.39, 0.29) is 11.4 Å². The molecule has 3 rings (SSSR count). The second-order valence-electron chi connectivity index (χ2n) is 7.61. The van der Waals surface area contributed by atoms with E-state index in [1.165, 1.54) is 6.26 Å². The first-order chi connectivity index (χ1) is 13.4. The van der Waals surface area contributed by atoms with Gasteiger partial charge in [-0.15, -0.1) is 0 Å². The van der Waals surface area contributed by atoms with Crippen molar-refractivity contribution in [1.29, 1.82) is 0 Å². The number of hydrogen-bond acceptors (Lipinski definition) is 5. The Bertz CT molecular complexity index is 824. The number of fused-ring (bicyclic) bond motifs is 2. The van der Waals surface area contributed by atoms with Gasteiger partial charge in [-0.3, -0.25) is 4.79 Å². The van der Waals surface area contributed by atoms with Crippen LogP contribution in [0.2, 0.25) is 0 Å². The van der Waals surface area contributed by atoms with E-state index in [9.17, 15) is 14.7 Å². The van der Waals surface area contributed by atoms with Crippen LogP contribution in [0, 0.1) is 0 Å². The highest BCUT2D eigenvalue weighted by Crippen LogP contribution is 2.46. The fraction of sp³-hybridized carbons (Fsp3) is 0.478. The van der Waals surface area contributed by atoms with Crippen molar-refractivity contribution in [1.82, 2.24) is 0 Å². The van der Waals surface area contributed by atoms with Gasteiger partial charge in [0, 0.05) is 17.6 Å². The summed E-state index contributed by atoms with van der Waals surface area (Å²) in [5, 5.41) is 10.9. The number of ketones is 1. The maximum Gasteiger partial charge on any atom is 0.343 e. The molecule has 3 aliphatic rings. The van der Waals surface area contributed by atoms with Crippen LogP contribution in [0.5, 0.6) is 0 Å². The average molecular weight is 384 g/mol. The number of hydrogen-bond donors (Lipinski definition) is 1. The van der Waals surface area contributed by atoms with Crippen molar-refractivity contribution in [3.05, 3.63) is 58.6 Å². The smallest absolute Gasteiger partial charge is 0.343 e. The van der Waals surface area contributed by atoms with E-state index in [0.717, 1.165) is 37.7 Å². The van der Waals surface area contributed by atoms with Crippen LogP contribution in [-0.4, -0.2) is 28.6 Å². The van der Waals surface area contributed by atoms with E-state index in [2.05, 4.69) is 6.92 Å². The Hall–Kier alpha value is -2.40. The highest BCUT2D eigenvalue weighted by molar-refractivity contribution is 6.20. The third-order valence-electron chi connectivity index (χ3n) is 5.50. The lowest BCUT2D eigenvalue weighted by Gasteiger charge is -2.37. The van der Waals surface area contributed by atoms with Crippen LogP contribution in [0.15, 0.2) is 58.6 Å². The second kappa shape index (κ2) is 8.31. The third-order valence-corrected chi connectivity index (χ3v) is 5.50. The van der Waals surface area contributed by atoms with E-state index in [1.807, 2.05) is 13.0 Å². The molecule has 2 heterocycles. The number of Topliss-reactive ketones (excluding diaryl/α,β-unsaturated/α-hetero) is 1. The van der Waals surface area contributed by atoms with E-state index in [0.29, 0.717) is 23.3 Å². The van der Waals surface area contributed by atoms with E-state index in [4.69, 9.17) is 9.47 Å². The van der Waals surface area contributed by atoms with Crippen molar-refractivity contribution in [2.24, 2.45) is 0 Å². The second-order valence-corrected chi connectivity index (χ2v) is 7.61. The number of carbonyl (C=O) groups is 2. The Morgan fingerprint density at radius 1 is 1.25 bits per heavy atom. The van der Waals surface area contributed by atoms with E-state index in [1.54, 1.807) is 25.2 Å². The molecular weight excluding hydrogens is 356 g/mol. The van der Waals surface area contributed by atoms with Crippen LogP contribution in [0.25, 0.3) is 0 Å². The van der Waals surface area contributed by atoms with Gasteiger partial charge in [-0.2, -0.15) is 0 Å². The Balaban J connectivity index is 1.91. The zero-order valence-electron chi connectivity index (χ0n) is 16.8. The van der Waals surface area contributed by atoms with Crippen molar-refractivity contribution >= 4 is 11.8 Å². The van der Waals surface area contributed by atoms with Gasteiger partial charge in [-0.1, -0.05) is 38.7 Å². The van der Waals surface area contributed by atoms with Gasteiger partial charge in [0.15, 0.2) is 11.4 Å². The summed E-state index contributed by atoms with van der Waals surface area (Å²) in [6.07, 6.45) is 13.0. The van der Waals surface area contributed by atoms with Crippen LogP contribution in [0.3, 0.4) is 0 Å². The number of unbranched alkanes of at least 4 members (excludes halogenated alkanes) is 4. The number of aliphatic hydroxyl groups excluding tert-OH is 1. The summed E-state index contributed by atoms with van der Waals surface area (Å²) >= 11 is 0. The summed E-state index contributed by atoms with van der Waals surface area (Å²) in [7, 11) is 0. The Kier molecular flexibility index (Phi) is 6.04. The lowest BCUT2D eigenvalue weighted by Crippen LogP contribution is -2.45. The van der Waals surface area contributed by atoms with Crippen molar-refractivity contribution < 1.29 is 24.2 Å². The molecule has 1 aliphatic carbocycles. The molecule has 0 aromatic carbocycles. The molecule has 150 valence electrons. The van der Waals surface area contributed by atoms with Crippen LogP contribution in [-0.2, 0) is 19.1 Å². The molecule has 5 nitrogen and oxygen atoms in total. The molecule has 0 aromatic rings. The van der Waals surface area contributed by atoms with Crippen LogP contribution in [0.1, 0.15) is 59.3 Å². The molecule has 28 heavy (non-hydrogen) atoms. The van der Waals surface area contributed by atoms with E-state index >= 15 is 0 Å². The van der Waals surface area contributed by atoms with Gasteiger partial charge in [0.1, 0.15) is 17.4 Å². The number of aliphatic hydroxyl groups is 1. The first kappa shape index (κ1) is 20.3. The first-order valence-electron chi connectivity index (χ1n) is 10.0. The number of allylic oxidation sites excluding steroid dienone is 3. The Morgan fingerprint density at radius 3 is 2.71 bits per heavy atom. The predicted octanol–water partition coefficient (Wildman–Crippen LogP) is 4.20. The molecule has 0 spiro atoms. The topological polar surface area (TPSA) is 72.8 Å². The maximum absolute atomic E-state index is 12.8. The van der Waals surface area contributed by atoms with Gasteiger partial charge in [0.25, 0.3) is 0 Å². The number of rotatable bonds is 8. The van der Waals surface area contributed by atoms with Gasteiger partial charge in [0.05, 0.1) is 6.26 Å². The van der Waals surface area contributed by atoms with Gasteiger partial charge in [0.2, 0.25) is 0 Å². The average Bonchev–Trinajstić information content (AvgIpc) is 2.92. The molecule has 1 N–H and O–H groups in total. The van der Waals surface area contributed by atoms with Crippen molar-refractivity contribution in [3.63, 3.8) is 0 Å². The number of carbonyl (C=O) groups excluding carboxylic acids is 2. The molecule has 2 atom stereocenters.